The van der Waals surface area contributed by atoms with E-state index in [2.05, 4.69) is 0 Å². The molecule has 204 valence electrons. The molecule has 5 atom stereocenters. The Kier molecular flexibility index (Phi) is 9.82. The van der Waals surface area contributed by atoms with Crippen molar-refractivity contribution in [3.05, 3.63) is 145 Å². The summed E-state index contributed by atoms with van der Waals surface area (Å²) in [6.45, 7) is 0.234. The maximum atomic E-state index is 6.51. The maximum Gasteiger partial charge on any atom is 0.177 e. The van der Waals surface area contributed by atoms with Crippen LogP contribution in [0.2, 0.25) is 0 Å². The minimum absolute atomic E-state index is 0.234. The summed E-state index contributed by atoms with van der Waals surface area (Å²) in [4.78, 5) is 0. The van der Waals surface area contributed by atoms with E-state index < -0.39 is 29.9 Å². The molecular weight excluding hydrogens is 520 g/mol. The van der Waals surface area contributed by atoms with Crippen LogP contribution in [0.15, 0.2) is 134 Å². The van der Waals surface area contributed by atoms with Crippen LogP contribution in [0.3, 0.4) is 0 Å². The topological polar surface area (TPSA) is 46.2 Å². The lowest BCUT2D eigenvalue weighted by molar-refractivity contribution is -0.193. The Morgan fingerprint density at radius 1 is 0.575 bits per heavy atom. The average molecular weight is 553 g/mol. The predicted octanol–water partition coefficient (Wildman–Crippen LogP) is 7.28. The van der Waals surface area contributed by atoms with E-state index in [0.717, 1.165) is 11.1 Å². The van der Waals surface area contributed by atoms with Crippen molar-refractivity contribution in [3.8, 4) is 11.5 Å². The lowest BCUT2D eigenvalue weighted by Crippen LogP contribution is -2.61. The van der Waals surface area contributed by atoms with Gasteiger partial charge in [0.25, 0.3) is 0 Å². The Morgan fingerprint density at radius 3 is 1.60 bits per heavy atom. The van der Waals surface area contributed by atoms with Crippen molar-refractivity contribution in [1.29, 1.82) is 0 Å². The molecular formula is C34H32O5S. The molecule has 0 N–H and O–H groups in total. The molecule has 5 nitrogen and oxygen atoms in total. The van der Waals surface area contributed by atoms with Gasteiger partial charge in [0.2, 0.25) is 0 Å². The molecule has 0 amide bonds. The standard InChI is InChI=1S/C34H32O5S/c40-34-33(38-29-19-11-4-12-20-29)32(36-24-22-27-15-7-2-8-16-27)31(37-28-17-9-3-10-18-28)30(39-34)25-35-23-21-26-13-5-1-6-14-26/h1-24,30-34,40H,25H2. The van der Waals surface area contributed by atoms with Gasteiger partial charge in [0, 0.05) is 0 Å². The molecule has 4 aromatic carbocycles. The van der Waals surface area contributed by atoms with E-state index in [0.29, 0.717) is 11.5 Å². The molecule has 1 heterocycles. The van der Waals surface area contributed by atoms with Crippen molar-refractivity contribution < 1.29 is 23.7 Å². The van der Waals surface area contributed by atoms with Gasteiger partial charge in [-0.3, -0.25) is 0 Å². The molecule has 40 heavy (non-hydrogen) atoms. The van der Waals surface area contributed by atoms with E-state index in [1.54, 1.807) is 12.5 Å². The third kappa shape index (κ3) is 7.72. The largest absolute Gasteiger partial charge is 0.498 e. The van der Waals surface area contributed by atoms with Crippen LogP contribution in [0.5, 0.6) is 11.5 Å². The average Bonchev–Trinajstić information content (AvgIpc) is 3.00. The van der Waals surface area contributed by atoms with Gasteiger partial charge in [-0.1, -0.05) is 97.1 Å². The molecule has 0 bridgehead atoms. The molecule has 0 saturated carbocycles. The van der Waals surface area contributed by atoms with Gasteiger partial charge in [0.1, 0.15) is 29.6 Å². The van der Waals surface area contributed by atoms with Crippen LogP contribution in [0.25, 0.3) is 12.2 Å². The summed E-state index contributed by atoms with van der Waals surface area (Å²) >= 11 is 4.79. The minimum atomic E-state index is -0.599. The molecule has 0 spiro atoms. The van der Waals surface area contributed by atoms with Crippen molar-refractivity contribution in [2.24, 2.45) is 0 Å². The monoisotopic (exact) mass is 552 g/mol. The molecule has 6 heteroatoms. The van der Waals surface area contributed by atoms with Crippen LogP contribution >= 0.6 is 12.6 Å². The Bertz CT molecular complexity index is 1330. The molecule has 1 saturated heterocycles. The Labute approximate surface area is 241 Å². The zero-order chi connectivity index (χ0) is 27.4. The summed E-state index contributed by atoms with van der Waals surface area (Å²) in [5.41, 5.74) is 1.46. The first-order valence-corrected chi connectivity index (χ1v) is 13.7. The van der Waals surface area contributed by atoms with Gasteiger partial charge in [-0.15, -0.1) is 12.6 Å². The number of hydrogen-bond donors (Lipinski definition) is 1. The quantitative estimate of drug-likeness (QED) is 0.157. The fourth-order valence-electron chi connectivity index (χ4n) is 4.38. The summed E-state index contributed by atoms with van der Waals surface area (Å²) < 4.78 is 31.6. The maximum absolute atomic E-state index is 6.51. The Morgan fingerprint density at radius 2 is 1.05 bits per heavy atom. The minimum Gasteiger partial charge on any atom is -0.498 e. The summed E-state index contributed by atoms with van der Waals surface area (Å²) in [6.07, 6.45) is 4.98. The smallest absolute Gasteiger partial charge is 0.177 e. The molecule has 5 unspecified atom stereocenters. The zero-order valence-electron chi connectivity index (χ0n) is 21.9. The van der Waals surface area contributed by atoms with Gasteiger partial charge >= 0.3 is 0 Å². The van der Waals surface area contributed by atoms with E-state index in [-0.39, 0.29) is 6.61 Å². The Hall–Kier alpha value is -4.13. The molecule has 5 rings (SSSR count). The SMILES string of the molecule is SC1OC(COC=Cc2ccccc2)C(Oc2ccccc2)C(OC=Cc2ccccc2)C1Oc1ccccc1. The van der Waals surface area contributed by atoms with Crippen molar-refractivity contribution in [2.75, 3.05) is 6.61 Å². The number of para-hydroxylation sites is 2. The Balaban J connectivity index is 1.40. The molecule has 0 radical (unpaired) electrons. The number of benzene rings is 4. The molecule has 4 aromatic rings. The van der Waals surface area contributed by atoms with Crippen molar-refractivity contribution in [2.45, 2.75) is 29.9 Å². The normalized spacial score (nSPS) is 22.7. The number of thiol groups is 1. The highest BCUT2D eigenvalue weighted by Gasteiger charge is 2.49. The molecule has 1 aliphatic rings. The lowest BCUT2D eigenvalue weighted by atomic mass is 9.99. The van der Waals surface area contributed by atoms with E-state index >= 15 is 0 Å². The summed E-state index contributed by atoms with van der Waals surface area (Å²) in [5, 5.41) is 0. The second kappa shape index (κ2) is 14.3. The lowest BCUT2D eigenvalue weighted by Gasteiger charge is -2.44. The molecule has 0 aliphatic carbocycles. The van der Waals surface area contributed by atoms with Gasteiger partial charge in [-0.25, -0.2) is 0 Å². The van der Waals surface area contributed by atoms with Gasteiger partial charge in [-0.05, 0) is 47.5 Å². The van der Waals surface area contributed by atoms with Gasteiger partial charge < -0.3 is 23.7 Å². The molecule has 1 fully saturated rings. The fourth-order valence-corrected chi connectivity index (χ4v) is 4.77. The van der Waals surface area contributed by atoms with Crippen LogP contribution < -0.4 is 9.47 Å². The van der Waals surface area contributed by atoms with Crippen LogP contribution in [-0.2, 0) is 14.2 Å². The number of hydrogen-bond acceptors (Lipinski definition) is 6. The van der Waals surface area contributed by atoms with Crippen LogP contribution in [-0.4, -0.2) is 36.5 Å². The highest BCUT2D eigenvalue weighted by atomic mass is 32.1. The van der Waals surface area contributed by atoms with Crippen LogP contribution in [0.4, 0.5) is 0 Å². The van der Waals surface area contributed by atoms with E-state index in [1.807, 2.05) is 133 Å². The highest BCUT2D eigenvalue weighted by Crippen LogP contribution is 2.32. The van der Waals surface area contributed by atoms with Gasteiger partial charge in [0.15, 0.2) is 18.3 Å². The third-order valence-electron chi connectivity index (χ3n) is 6.35. The van der Waals surface area contributed by atoms with Crippen LogP contribution in [0, 0.1) is 0 Å². The van der Waals surface area contributed by atoms with Crippen molar-refractivity contribution >= 4 is 24.8 Å². The first-order valence-electron chi connectivity index (χ1n) is 13.2. The fraction of sp³-hybridized carbons (Fsp3) is 0.176. The van der Waals surface area contributed by atoms with Crippen molar-refractivity contribution in [3.63, 3.8) is 0 Å². The first-order chi connectivity index (χ1) is 19.8. The molecule has 1 aliphatic heterocycles. The van der Waals surface area contributed by atoms with Gasteiger partial charge in [-0.2, -0.15) is 0 Å². The zero-order valence-corrected chi connectivity index (χ0v) is 22.8. The summed E-state index contributed by atoms with van der Waals surface area (Å²) in [7, 11) is 0. The molecule has 0 aromatic heterocycles. The third-order valence-corrected chi connectivity index (χ3v) is 6.77. The van der Waals surface area contributed by atoms with E-state index in [9.17, 15) is 0 Å². The first kappa shape index (κ1) is 27.4. The number of rotatable bonds is 11. The highest BCUT2D eigenvalue weighted by molar-refractivity contribution is 7.80. The summed E-state index contributed by atoms with van der Waals surface area (Å²) in [6, 6.07) is 39.1. The van der Waals surface area contributed by atoms with Gasteiger partial charge in [0.05, 0.1) is 12.5 Å². The predicted molar refractivity (Wildman–Crippen MR) is 161 cm³/mol. The van der Waals surface area contributed by atoms with E-state index in [1.165, 1.54) is 0 Å². The second-order valence-corrected chi connectivity index (χ2v) is 9.73. The number of ether oxygens (including phenoxy) is 5. The van der Waals surface area contributed by atoms with Crippen molar-refractivity contribution in [1.82, 2.24) is 0 Å². The second-order valence-electron chi connectivity index (χ2n) is 9.22. The van der Waals surface area contributed by atoms with E-state index in [4.69, 9.17) is 36.3 Å². The van der Waals surface area contributed by atoms with Crippen LogP contribution in [0.1, 0.15) is 11.1 Å². The summed E-state index contributed by atoms with van der Waals surface area (Å²) in [5.74, 6) is 1.38.